The summed E-state index contributed by atoms with van der Waals surface area (Å²) in [6.07, 6.45) is 5.93. The van der Waals surface area contributed by atoms with Crippen molar-refractivity contribution in [1.29, 1.82) is 0 Å². The first-order chi connectivity index (χ1) is 18.2. The molecule has 1 aliphatic carbocycles. The number of ether oxygens (including phenoxy) is 1. The molecule has 1 aromatic heterocycles. The minimum absolute atomic E-state index is 0.00583. The zero-order valence-electron chi connectivity index (χ0n) is 21.1. The molecule has 1 spiro atoms. The Bertz CT molecular complexity index is 1600. The Morgan fingerprint density at radius 1 is 0.921 bits per heavy atom. The summed E-state index contributed by atoms with van der Waals surface area (Å²) in [5.74, 6) is 0.645. The maximum Gasteiger partial charge on any atom is 0.277 e. The zero-order chi connectivity index (χ0) is 26.2. The Balaban J connectivity index is 1.33. The Morgan fingerprint density at radius 3 is 2.32 bits per heavy atom. The molecule has 2 aromatic carbocycles. The van der Waals surface area contributed by atoms with Gasteiger partial charge in [-0.25, -0.2) is 13.1 Å². The minimum atomic E-state index is -3.67. The van der Waals surface area contributed by atoms with Crippen molar-refractivity contribution in [2.75, 3.05) is 35.8 Å². The molecule has 4 heterocycles. The van der Waals surface area contributed by atoms with Gasteiger partial charge in [-0.15, -0.1) is 0 Å². The van der Waals surface area contributed by atoms with Gasteiger partial charge in [-0.2, -0.15) is 5.10 Å². The molecule has 38 heavy (non-hydrogen) atoms. The molecule has 9 nitrogen and oxygen atoms in total. The fourth-order valence-corrected chi connectivity index (χ4v) is 6.98. The Labute approximate surface area is 220 Å². The van der Waals surface area contributed by atoms with Crippen LogP contribution in [-0.2, 0) is 26.5 Å². The maximum absolute atomic E-state index is 14.1. The van der Waals surface area contributed by atoms with Gasteiger partial charge in [0.2, 0.25) is 5.91 Å². The highest BCUT2D eigenvalue weighted by Gasteiger charge is 2.56. The van der Waals surface area contributed by atoms with Crippen LogP contribution in [0.25, 0.3) is 5.69 Å². The average Bonchev–Trinajstić information content (AvgIpc) is 3.31. The third-order valence-corrected chi connectivity index (χ3v) is 9.20. The predicted octanol–water partition coefficient (Wildman–Crippen LogP) is 3.42. The monoisotopic (exact) mass is 532 g/mol. The number of carbonyl (C=O) groups excluding carboxylic acids is 2. The van der Waals surface area contributed by atoms with Gasteiger partial charge in [-0.1, -0.05) is 0 Å². The van der Waals surface area contributed by atoms with Crippen LogP contribution in [0, 0.1) is 0 Å². The summed E-state index contributed by atoms with van der Waals surface area (Å²) in [6, 6.07) is 13.1. The molecule has 7 rings (SSSR count). The van der Waals surface area contributed by atoms with Crippen molar-refractivity contribution in [3.8, 4) is 11.4 Å². The van der Waals surface area contributed by atoms with Crippen LogP contribution in [0.3, 0.4) is 0 Å². The topological polar surface area (TPSA) is 102 Å². The molecule has 2 fully saturated rings. The normalized spacial score (nSPS) is 19.9. The summed E-state index contributed by atoms with van der Waals surface area (Å²) < 4.78 is 32.9. The molecule has 0 radical (unpaired) electrons. The Morgan fingerprint density at radius 2 is 1.63 bits per heavy atom. The number of hydrogen-bond acceptors (Lipinski definition) is 6. The van der Waals surface area contributed by atoms with E-state index < -0.39 is 15.3 Å². The number of amides is 2. The Hall–Kier alpha value is -3.66. The third-order valence-electron chi connectivity index (χ3n) is 8.21. The van der Waals surface area contributed by atoms with Gasteiger partial charge >= 0.3 is 0 Å². The number of nitrogens with zero attached hydrogens (tertiary/aromatic N) is 4. The number of carbonyl (C=O) groups is 2. The van der Waals surface area contributed by atoms with Crippen LogP contribution in [-0.4, -0.2) is 56.0 Å². The molecule has 0 N–H and O–H groups in total. The van der Waals surface area contributed by atoms with Crippen LogP contribution in [0.15, 0.2) is 47.5 Å². The van der Waals surface area contributed by atoms with Crippen molar-refractivity contribution >= 4 is 33.0 Å². The first-order valence-electron chi connectivity index (χ1n) is 13.1. The number of sulfone groups is 1. The lowest BCUT2D eigenvalue weighted by Crippen LogP contribution is -2.44. The molecule has 2 amide bonds. The second-order valence-corrected chi connectivity index (χ2v) is 12.7. The highest BCUT2D eigenvalue weighted by molar-refractivity contribution is 7.90. The van der Waals surface area contributed by atoms with E-state index >= 15 is 0 Å². The van der Waals surface area contributed by atoms with Crippen molar-refractivity contribution in [2.24, 2.45) is 0 Å². The fourth-order valence-electron chi connectivity index (χ4n) is 6.06. The van der Waals surface area contributed by atoms with E-state index in [1.165, 1.54) is 4.68 Å². The van der Waals surface area contributed by atoms with Crippen molar-refractivity contribution < 1.29 is 22.7 Å². The predicted molar refractivity (Wildman–Crippen MR) is 141 cm³/mol. The quantitative estimate of drug-likeness (QED) is 0.510. The van der Waals surface area contributed by atoms with E-state index in [9.17, 15) is 18.0 Å². The molecule has 1 saturated heterocycles. The van der Waals surface area contributed by atoms with E-state index in [0.29, 0.717) is 43.1 Å². The lowest BCUT2D eigenvalue weighted by molar-refractivity contribution is -0.119. The van der Waals surface area contributed by atoms with Gasteiger partial charge in [0, 0.05) is 54.5 Å². The van der Waals surface area contributed by atoms with Gasteiger partial charge < -0.3 is 14.5 Å². The van der Waals surface area contributed by atoms with Gasteiger partial charge in [0.05, 0.1) is 12.3 Å². The fraction of sp³-hybridized carbons (Fsp3) is 0.393. The van der Waals surface area contributed by atoms with Crippen LogP contribution < -0.4 is 14.5 Å². The molecule has 3 aromatic rings. The van der Waals surface area contributed by atoms with Gasteiger partial charge in [0.1, 0.15) is 11.4 Å². The van der Waals surface area contributed by atoms with E-state index in [2.05, 4.69) is 5.10 Å². The summed E-state index contributed by atoms with van der Waals surface area (Å²) in [7, 11) is -3.67. The number of benzene rings is 2. The second kappa shape index (κ2) is 8.17. The molecule has 3 aliphatic heterocycles. The SMILES string of the molecule is CS(=O)(=O)c1nn(-c2ccc3c(c2)CCO3)c2c1C1(CC1)CN(c1ccc(N3CCCCC3=O)cc1)C2=O. The molecule has 10 heteroatoms. The van der Waals surface area contributed by atoms with E-state index in [1.807, 2.05) is 42.5 Å². The number of hydrogen-bond donors (Lipinski definition) is 0. The molecule has 0 atom stereocenters. The number of fused-ring (bicyclic) bond motifs is 3. The van der Waals surface area contributed by atoms with Gasteiger partial charge in [-0.05, 0) is 73.7 Å². The van der Waals surface area contributed by atoms with E-state index in [4.69, 9.17) is 4.74 Å². The lowest BCUT2D eigenvalue weighted by atomic mass is 9.90. The number of anilines is 2. The molecule has 0 bridgehead atoms. The van der Waals surface area contributed by atoms with Crippen molar-refractivity contribution in [1.82, 2.24) is 9.78 Å². The molecule has 1 saturated carbocycles. The van der Waals surface area contributed by atoms with Crippen LogP contribution in [0.2, 0.25) is 0 Å². The highest BCUT2D eigenvalue weighted by atomic mass is 32.2. The molecule has 0 unspecified atom stereocenters. The van der Waals surface area contributed by atoms with E-state index in [0.717, 1.165) is 61.0 Å². The van der Waals surface area contributed by atoms with Crippen molar-refractivity contribution in [2.45, 2.75) is 49.0 Å². The second-order valence-electron chi connectivity index (χ2n) is 10.8. The van der Waals surface area contributed by atoms with Gasteiger partial charge in [-0.3, -0.25) is 9.59 Å². The summed E-state index contributed by atoms with van der Waals surface area (Å²) in [4.78, 5) is 30.0. The average molecular weight is 533 g/mol. The largest absolute Gasteiger partial charge is 0.493 e. The summed E-state index contributed by atoms with van der Waals surface area (Å²) >= 11 is 0. The first kappa shape index (κ1) is 23.5. The van der Waals surface area contributed by atoms with Gasteiger partial charge in [0.25, 0.3) is 5.91 Å². The van der Waals surface area contributed by atoms with Gasteiger partial charge in [0.15, 0.2) is 14.9 Å². The lowest BCUT2D eigenvalue weighted by Gasteiger charge is -2.34. The molecule has 196 valence electrons. The van der Waals surface area contributed by atoms with E-state index in [1.54, 1.807) is 9.80 Å². The van der Waals surface area contributed by atoms with E-state index in [-0.39, 0.29) is 16.8 Å². The number of piperidine rings is 1. The molecule has 4 aliphatic rings. The summed E-state index contributed by atoms with van der Waals surface area (Å²) in [6.45, 7) is 1.69. The zero-order valence-corrected chi connectivity index (χ0v) is 22.0. The van der Waals surface area contributed by atoms with Crippen molar-refractivity contribution in [3.63, 3.8) is 0 Å². The highest BCUT2D eigenvalue weighted by Crippen LogP contribution is 2.55. The molecular weight excluding hydrogens is 504 g/mol. The Kier molecular flexibility index (Phi) is 5.04. The summed E-state index contributed by atoms with van der Waals surface area (Å²) in [5, 5.41) is 4.55. The maximum atomic E-state index is 14.1. The first-order valence-corrected chi connectivity index (χ1v) is 15.0. The minimum Gasteiger partial charge on any atom is -0.493 e. The van der Waals surface area contributed by atoms with Crippen LogP contribution in [0.5, 0.6) is 5.75 Å². The number of rotatable bonds is 4. The standard InChI is InChI=1S/C28H28N4O5S/c1-38(35,36)26-24-25(32(29-26)21-9-10-22-18(16-21)11-15-37-22)27(34)31(17-28(24)12-13-28)20-7-5-19(6-8-20)30-14-3-2-4-23(30)33/h5-10,16H,2-4,11-15,17H2,1H3. The third kappa shape index (κ3) is 3.57. The number of aromatic nitrogens is 2. The molecular formula is C28H28N4O5S. The smallest absolute Gasteiger partial charge is 0.277 e. The van der Waals surface area contributed by atoms with Crippen molar-refractivity contribution in [3.05, 3.63) is 59.3 Å². The van der Waals surface area contributed by atoms with Crippen LogP contribution in [0.4, 0.5) is 11.4 Å². The van der Waals surface area contributed by atoms with Crippen LogP contribution >= 0.6 is 0 Å². The summed E-state index contributed by atoms with van der Waals surface area (Å²) in [5.41, 5.74) is 3.62. The van der Waals surface area contributed by atoms with Crippen LogP contribution in [0.1, 0.15) is 53.7 Å².